The van der Waals surface area contributed by atoms with E-state index in [1.54, 1.807) is 12.1 Å². The number of Topliss-reactive ketones (excluding diaryl/α,β-unsaturated/α-hetero) is 2. The summed E-state index contributed by atoms with van der Waals surface area (Å²) in [4.78, 5) is 34.4. The van der Waals surface area contributed by atoms with Gasteiger partial charge in [0.1, 0.15) is 0 Å². The number of anilines is 1. The van der Waals surface area contributed by atoms with Crippen LogP contribution in [0.2, 0.25) is 0 Å². The number of amides is 1. The van der Waals surface area contributed by atoms with Crippen LogP contribution in [-0.4, -0.2) is 17.5 Å². The molecule has 4 heteroatoms. The molecule has 0 atom stereocenters. The maximum absolute atomic E-state index is 11.7. The summed E-state index contributed by atoms with van der Waals surface area (Å²) in [6.45, 7) is 3.75. The quantitative estimate of drug-likeness (QED) is 0.527. The van der Waals surface area contributed by atoms with Gasteiger partial charge in [0, 0.05) is 5.56 Å². The Hall–Kier alpha value is -1.97. The van der Waals surface area contributed by atoms with E-state index in [2.05, 4.69) is 5.32 Å². The summed E-state index contributed by atoms with van der Waals surface area (Å²) in [5.74, 6) is -1.67. The summed E-state index contributed by atoms with van der Waals surface area (Å²) in [6.07, 6.45) is -0.369. The third-order valence-corrected chi connectivity index (χ3v) is 2.73. The lowest BCUT2D eigenvalue weighted by Gasteiger charge is -2.08. The molecule has 0 radical (unpaired) electrons. The summed E-state index contributed by atoms with van der Waals surface area (Å²) in [6, 6.07) is 3.37. The zero-order valence-corrected chi connectivity index (χ0v) is 9.09. The van der Waals surface area contributed by atoms with Crippen molar-refractivity contribution < 1.29 is 14.4 Å². The molecule has 4 nitrogen and oxygen atoms in total. The molecule has 1 aromatic rings. The van der Waals surface area contributed by atoms with Crippen LogP contribution in [0.5, 0.6) is 0 Å². The Kier molecular flexibility index (Phi) is 2.34. The van der Waals surface area contributed by atoms with Gasteiger partial charge in [-0.15, -0.1) is 0 Å². The first-order valence-corrected chi connectivity index (χ1v) is 4.97. The minimum absolute atomic E-state index is 0.291. The summed E-state index contributed by atoms with van der Waals surface area (Å²) < 4.78 is 0. The van der Waals surface area contributed by atoms with Crippen molar-refractivity contribution in [1.29, 1.82) is 0 Å². The normalized spacial score (nSPS) is 15.5. The van der Waals surface area contributed by atoms with Crippen molar-refractivity contribution in [1.82, 2.24) is 0 Å². The summed E-state index contributed by atoms with van der Waals surface area (Å²) >= 11 is 0. The monoisotopic (exact) mass is 217 g/mol. The average Bonchev–Trinajstić information content (AvgIpc) is 2.29. The highest BCUT2D eigenvalue weighted by atomic mass is 16.2. The number of aryl methyl sites for hydroxylation is 2. The number of carbonyl (C=O) groups is 3. The third kappa shape index (κ3) is 1.62. The molecule has 1 amide bonds. The van der Waals surface area contributed by atoms with Crippen LogP contribution in [-0.2, 0) is 9.59 Å². The highest BCUT2D eigenvalue weighted by molar-refractivity contribution is 6.48. The molecule has 0 saturated heterocycles. The second kappa shape index (κ2) is 3.56. The first-order chi connectivity index (χ1) is 7.49. The topological polar surface area (TPSA) is 63.2 Å². The van der Waals surface area contributed by atoms with Gasteiger partial charge in [-0.05, 0) is 37.1 Å². The highest BCUT2D eigenvalue weighted by Gasteiger charge is 2.27. The van der Waals surface area contributed by atoms with Crippen molar-refractivity contribution in [2.24, 2.45) is 0 Å². The number of carbonyl (C=O) groups excluding carboxylic acids is 3. The van der Waals surface area contributed by atoms with Crippen molar-refractivity contribution in [3.05, 3.63) is 28.8 Å². The van der Waals surface area contributed by atoms with Gasteiger partial charge >= 0.3 is 0 Å². The van der Waals surface area contributed by atoms with E-state index in [0.717, 1.165) is 11.1 Å². The molecule has 1 heterocycles. The number of ketones is 2. The Balaban J connectivity index is 2.64. The molecule has 1 aliphatic rings. The number of nitrogens with one attached hydrogen (secondary N) is 1. The first-order valence-electron chi connectivity index (χ1n) is 4.97. The van der Waals surface area contributed by atoms with E-state index in [9.17, 15) is 14.4 Å². The SMILES string of the molecule is Cc1cc2c(cc1C)C(=O)C(=O)CC(=O)N2. The van der Waals surface area contributed by atoms with Crippen LogP contribution in [0, 0.1) is 13.8 Å². The maximum atomic E-state index is 11.7. The third-order valence-electron chi connectivity index (χ3n) is 2.73. The Morgan fingerprint density at radius 3 is 2.38 bits per heavy atom. The molecule has 0 fully saturated rings. The Morgan fingerprint density at radius 2 is 1.69 bits per heavy atom. The van der Waals surface area contributed by atoms with E-state index < -0.39 is 17.5 Å². The van der Waals surface area contributed by atoms with Gasteiger partial charge in [-0.3, -0.25) is 14.4 Å². The molecule has 1 aromatic carbocycles. The van der Waals surface area contributed by atoms with Crippen molar-refractivity contribution in [2.45, 2.75) is 20.3 Å². The van der Waals surface area contributed by atoms with E-state index >= 15 is 0 Å². The van der Waals surface area contributed by atoms with Crippen LogP contribution < -0.4 is 5.32 Å². The Labute approximate surface area is 92.6 Å². The molecule has 0 spiro atoms. The van der Waals surface area contributed by atoms with E-state index in [1.165, 1.54) is 0 Å². The van der Waals surface area contributed by atoms with Gasteiger partial charge in [0.2, 0.25) is 17.5 Å². The van der Waals surface area contributed by atoms with Gasteiger partial charge in [-0.2, -0.15) is 0 Å². The highest BCUT2D eigenvalue weighted by Crippen LogP contribution is 2.24. The fourth-order valence-electron chi connectivity index (χ4n) is 1.68. The summed E-state index contributed by atoms with van der Waals surface area (Å²) in [5, 5.41) is 2.57. The van der Waals surface area contributed by atoms with Gasteiger partial charge in [-0.25, -0.2) is 0 Å². The second-order valence-electron chi connectivity index (χ2n) is 3.96. The molecule has 2 rings (SSSR count). The molecule has 0 bridgehead atoms. The van der Waals surface area contributed by atoms with Crippen molar-refractivity contribution >= 4 is 23.2 Å². The fourth-order valence-corrected chi connectivity index (χ4v) is 1.68. The lowest BCUT2D eigenvalue weighted by atomic mass is 10.00. The van der Waals surface area contributed by atoms with Crippen molar-refractivity contribution in [3.8, 4) is 0 Å². The van der Waals surface area contributed by atoms with Crippen LogP contribution in [0.4, 0.5) is 5.69 Å². The van der Waals surface area contributed by atoms with Crippen LogP contribution in [0.1, 0.15) is 27.9 Å². The summed E-state index contributed by atoms with van der Waals surface area (Å²) in [5.41, 5.74) is 2.63. The van der Waals surface area contributed by atoms with Crippen LogP contribution >= 0.6 is 0 Å². The van der Waals surface area contributed by atoms with Gasteiger partial charge in [0.05, 0.1) is 12.1 Å². The molecule has 0 saturated carbocycles. The van der Waals surface area contributed by atoms with Crippen LogP contribution in [0.3, 0.4) is 0 Å². The average molecular weight is 217 g/mol. The molecule has 0 aromatic heterocycles. The zero-order valence-electron chi connectivity index (χ0n) is 9.09. The number of hydrogen-bond donors (Lipinski definition) is 1. The Morgan fingerprint density at radius 1 is 1.06 bits per heavy atom. The van der Waals surface area contributed by atoms with Gasteiger partial charge in [0.25, 0.3) is 0 Å². The van der Waals surface area contributed by atoms with E-state index in [0.29, 0.717) is 11.3 Å². The molecule has 82 valence electrons. The van der Waals surface area contributed by atoms with E-state index in [1.807, 2.05) is 13.8 Å². The molecule has 0 unspecified atom stereocenters. The van der Waals surface area contributed by atoms with Crippen molar-refractivity contribution in [3.63, 3.8) is 0 Å². The molecule has 0 aliphatic carbocycles. The van der Waals surface area contributed by atoms with E-state index in [4.69, 9.17) is 0 Å². The number of benzene rings is 1. The van der Waals surface area contributed by atoms with Gasteiger partial charge in [-0.1, -0.05) is 0 Å². The molecular weight excluding hydrogens is 206 g/mol. The fraction of sp³-hybridized carbons (Fsp3) is 0.250. The number of rotatable bonds is 0. The first kappa shape index (κ1) is 10.5. The Bertz CT molecular complexity index is 517. The number of fused-ring (bicyclic) bond motifs is 1. The minimum atomic E-state index is -0.653. The van der Waals surface area contributed by atoms with Crippen LogP contribution in [0.25, 0.3) is 0 Å². The standard InChI is InChI=1S/C12H11NO3/c1-6-3-8-9(4-7(6)2)13-11(15)5-10(14)12(8)16/h3-4H,5H2,1-2H3,(H,13,15). The van der Waals surface area contributed by atoms with Crippen LogP contribution in [0.15, 0.2) is 12.1 Å². The lowest BCUT2D eigenvalue weighted by Crippen LogP contribution is -2.16. The molecular formula is C12H11NO3. The minimum Gasteiger partial charge on any atom is -0.325 e. The molecule has 1 N–H and O–H groups in total. The molecule has 16 heavy (non-hydrogen) atoms. The van der Waals surface area contributed by atoms with Gasteiger partial charge < -0.3 is 5.32 Å². The van der Waals surface area contributed by atoms with Crippen molar-refractivity contribution in [2.75, 3.05) is 5.32 Å². The maximum Gasteiger partial charge on any atom is 0.232 e. The largest absolute Gasteiger partial charge is 0.325 e. The second-order valence-corrected chi connectivity index (χ2v) is 3.96. The number of hydrogen-bond acceptors (Lipinski definition) is 3. The van der Waals surface area contributed by atoms with Gasteiger partial charge in [0.15, 0.2) is 0 Å². The lowest BCUT2D eigenvalue weighted by molar-refractivity contribution is -0.123. The zero-order chi connectivity index (χ0) is 11.9. The molecule has 1 aliphatic heterocycles. The smallest absolute Gasteiger partial charge is 0.232 e. The predicted octanol–water partition coefficient (Wildman–Crippen LogP) is 1.40. The predicted molar refractivity (Wildman–Crippen MR) is 58.5 cm³/mol. The van der Waals surface area contributed by atoms with E-state index in [-0.39, 0.29) is 6.42 Å². The summed E-state index contributed by atoms with van der Waals surface area (Å²) in [7, 11) is 0.